The van der Waals surface area contributed by atoms with E-state index in [1.165, 1.54) is 4.90 Å². The van der Waals surface area contributed by atoms with E-state index in [4.69, 9.17) is 15.6 Å². The van der Waals surface area contributed by atoms with E-state index in [1.807, 2.05) is 0 Å². The number of nitrogens with zero attached hydrogens (tertiary/aromatic N) is 1. The second-order valence-corrected chi connectivity index (χ2v) is 3.82. The highest BCUT2D eigenvalue weighted by Gasteiger charge is 2.38. The number of carboxylic acids is 1. The number of hydrogen-bond donors (Lipinski definition) is 2. The van der Waals surface area contributed by atoms with E-state index in [9.17, 15) is 22.8 Å². The largest absolute Gasteiger partial charge is 0.490 e. The minimum Gasteiger partial charge on any atom is -0.475 e. The molecule has 1 rings (SSSR count). The van der Waals surface area contributed by atoms with Crippen LogP contribution in [0.1, 0.15) is 13.3 Å². The standard InChI is InChI=1S/C8H14N2O3.C2HF3O2/c1-2-13-8(12)7(11)10-4-3-6(9)5-10;3-2(4,5)1(6)7/h6H,2-5,9H2,1H3;(H,6,7). The number of halogens is 3. The number of alkyl halides is 3. The molecule has 7 nitrogen and oxygen atoms in total. The number of nitrogens with two attached hydrogens (primary N) is 1. The molecular weight excluding hydrogens is 285 g/mol. The molecule has 0 aromatic heterocycles. The summed E-state index contributed by atoms with van der Waals surface area (Å²) in [6, 6.07) is -0.00150. The summed E-state index contributed by atoms with van der Waals surface area (Å²) >= 11 is 0. The Hall–Kier alpha value is -1.84. The van der Waals surface area contributed by atoms with Crippen molar-refractivity contribution in [3.63, 3.8) is 0 Å². The molecule has 0 bridgehead atoms. The molecule has 0 aromatic rings. The number of hydrogen-bond acceptors (Lipinski definition) is 5. The Bertz CT molecular complexity index is 372. The molecule has 1 aliphatic heterocycles. The summed E-state index contributed by atoms with van der Waals surface area (Å²) in [5, 5.41) is 7.12. The molecule has 0 aliphatic carbocycles. The minimum absolute atomic E-state index is 0.00150. The number of likely N-dealkylation sites (tertiary alicyclic amines) is 1. The van der Waals surface area contributed by atoms with E-state index in [1.54, 1.807) is 6.92 Å². The fourth-order valence-electron chi connectivity index (χ4n) is 1.29. The van der Waals surface area contributed by atoms with Crippen molar-refractivity contribution < 1.29 is 37.4 Å². The summed E-state index contributed by atoms with van der Waals surface area (Å²) < 4.78 is 36.3. The van der Waals surface area contributed by atoms with Crippen LogP contribution in [-0.2, 0) is 19.1 Å². The van der Waals surface area contributed by atoms with Crippen molar-refractivity contribution in [1.82, 2.24) is 4.90 Å². The fraction of sp³-hybridized carbons (Fsp3) is 0.700. The first-order valence-electron chi connectivity index (χ1n) is 5.61. The van der Waals surface area contributed by atoms with Crippen molar-refractivity contribution in [2.24, 2.45) is 5.73 Å². The van der Waals surface area contributed by atoms with Gasteiger partial charge in [-0.3, -0.25) is 4.79 Å². The van der Waals surface area contributed by atoms with Gasteiger partial charge in [0.05, 0.1) is 6.61 Å². The van der Waals surface area contributed by atoms with Crippen LogP contribution in [0.25, 0.3) is 0 Å². The zero-order valence-corrected chi connectivity index (χ0v) is 10.6. The van der Waals surface area contributed by atoms with Gasteiger partial charge in [-0.15, -0.1) is 0 Å². The van der Waals surface area contributed by atoms with Gasteiger partial charge in [-0.2, -0.15) is 13.2 Å². The molecule has 1 aliphatic rings. The third kappa shape index (κ3) is 6.36. The summed E-state index contributed by atoms with van der Waals surface area (Å²) in [5.74, 6) is -4.11. The summed E-state index contributed by atoms with van der Waals surface area (Å²) in [6.07, 6.45) is -4.33. The van der Waals surface area contributed by atoms with Crippen molar-refractivity contribution in [2.45, 2.75) is 25.6 Å². The van der Waals surface area contributed by atoms with Crippen LogP contribution in [0.5, 0.6) is 0 Å². The fourth-order valence-corrected chi connectivity index (χ4v) is 1.29. The zero-order valence-electron chi connectivity index (χ0n) is 10.6. The van der Waals surface area contributed by atoms with Crippen LogP contribution in [0, 0.1) is 0 Å². The van der Waals surface area contributed by atoms with E-state index >= 15 is 0 Å². The second kappa shape index (κ2) is 7.68. The molecule has 10 heteroatoms. The zero-order chi connectivity index (χ0) is 15.9. The van der Waals surface area contributed by atoms with E-state index in [-0.39, 0.29) is 12.6 Å². The lowest BCUT2D eigenvalue weighted by Crippen LogP contribution is -2.37. The molecule has 0 radical (unpaired) electrons. The van der Waals surface area contributed by atoms with Gasteiger partial charge in [-0.05, 0) is 13.3 Å². The number of amides is 1. The van der Waals surface area contributed by atoms with Gasteiger partial charge in [0.2, 0.25) is 0 Å². The van der Waals surface area contributed by atoms with Crippen molar-refractivity contribution in [1.29, 1.82) is 0 Å². The van der Waals surface area contributed by atoms with Crippen LogP contribution in [0.2, 0.25) is 0 Å². The van der Waals surface area contributed by atoms with Crippen LogP contribution in [0.3, 0.4) is 0 Å². The molecule has 1 unspecified atom stereocenters. The lowest BCUT2D eigenvalue weighted by molar-refractivity contribution is -0.192. The van der Waals surface area contributed by atoms with Crippen molar-refractivity contribution >= 4 is 17.8 Å². The van der Waals surface area contributed by atoms with Gasteiger partial charge < -0.3 is 20.5 Å². The Morgan fingerprint density at radius 1 is 1.40 bits per heavy atom. The molecule has 3 N–H and O–H groups in total. The minimum atomic E-state index is -5.08. The molecule has 116 valence electrons. The smallest absolute Gasteiger partial charge is 0.475 e. The van der Waals surface area contributed by atoms with Gasteiger partial charge >= 0.3 is 24.0 Å². The van der Waals surface area contributed by atoms with Crippen LogP contribution >= 0.6 is 0 Å². The van der Waals surface area contributed by atoms with E-state index in [2.05, 4.69) is 4.74 Å². The van der Waals surface area contributed by atoms with Crippen LogP contribution < -0.4 is 5.73 Å². The quantitative estimate of drug-likeness (QED) is 0.510. The third-order valence-corrected chi connectivity index (χ3v) is 2.20. The van der Waals surface area contributed by atoms with Gasteiger partial charge in [-0.25, -0.2) is 9.59 Å². The highest BCUT2D eigenvalue weighted by Crippen LogP contribution is 2.13. The van der Waals surface area contributed by atoms with Gasteiger partial charge in [0.15, 0.2) is 0 Å². The Labute approximate surface area is 112 Å². The number of carboxylic acid groups (broad SMARTS) is 1. The summed E-state index contributed by atoms with van der Waals surface area (Å²) in [6.45, 7) is 2.90. The normalized spacial score (nSPS) is 18.1. The molecule has 1 atom stereocenters. The third-order valence-electron chi connectivity index (χ3n) is 2.20. The molecule has 1 heterocycles. The van der Waals surface area contributed by atoms with E-state index in [0.29, 0.717) is 13.1 Å². The summed E-state index contributed by atoms with van der Waals surface area (Å²) in [5.41, 5.74) is 5.59. The maximum Gasteiger partial charge on any atom is 0.490 e. The molecule has 1 fully saturated rings. The Kier molecular flexibility index (Phi) is 6.97. The van der Waals surface area contributed by atoms with Gasteiger partial charge in [0.25, 0.3) is 0 Å². The molecule has 1 amide bonds. The predicted octanol–water partition coefficient (Wildman–Crippen LogP) is -0.258. The lowest BCUT2D eigenvalue weighted by Gasteiger charge is -2.13. The molecule has 1 saturated heterocycles. The summed E-state index contributed by atoms with van der Waals surface area (Å²) in [7, 11) is 0. The number of esters is 1. The first-order valence-corrected chi connectivity index (χ1v) is 5.61. The second-order valence-electron chi connectivity index (χ2n) is 3.82. The molecule has 0 spiro atoms. The lowest BCUT2D eigenvalue weighted by atomic mass is 10.3. The highest BCUT2D eigenvalue weighted by atomic mass is 19.4. The highest BCUT2D eigenvalue weighted by molar-refractivity contribution is 6.32. The number of aliphatic carboxylic acids is 1. The van der Waals surface area contributed by atoms with Gasteiger partial charge in [-0.1, -0.05) is 0 Å². The molecular formula is C10H15F3N2O5. The van der Waals surface area contributed by atoms with Crippen molar-refractivity contribution in [2.75, 3.05) is 19.7 Å². The van der Waals surface area contributed by atoms with E-state index in [0.717, 1.165) is 6.42 Å². The average molecular weight is 300 g/mol. The molecule has 0 aromatic carbocycles. The van der Waals surface area contributed by atoms with Gasteiger partial charge in [0, 0.05) is 19.1 Å². The number of carbonyl (C=O) groups is 3. The summed E-state index contributed by atoms with van der Waals surface area (Å²) in [4.78, 5) is 32.6. The first-order chi connectivity index (χ1) is 9.09. The maximum absolute atomic E-state index is 11.3. The van der Waals surface area contributed by atoms with E-state index < -0.39 is 24.0 Å². The van der Waals surface area contributed by atoms with Crippen molar-refractivity contribution in [3.8, 4) is 0 Å². The number of rotatable bonds is 1. The topological polar surface area (TPSA) is 110 Å². The SMILES string of the molecule is CCOC(=O)C(=O)N1CCC(N)C1.O=C(O)C(F)(F)F. The maximum atomic E-state index is 11.3. The molecule has 0 saturated carbocycles. The Balaban J connectivity index is 0.000000441. The van der Waals surface area contributed by atoms with Crippen molar-refractivity contribution in [3.05, 3.63) is 0 Å². The monoisotopic (exact) mass is 300 g/mol. The molecule has 20 heavy (non-hydrogen) atoms. The number of ether oxygens (including phenoxy) is 1. The van der Waals surface area contributed by atoms with Crippen LogP contribution in [0.4, 0.5) is 13.2 Å². The average Bonchev–Trinajstić information content (AvgIpc) is 2.74. The van der Waals surface area contributed by atoms with Crippen LogP contribution in [-0.4, -0.2) is 59.8 Å². The predicted molar refractivity (Wildman–Crippen MR) is 59.5 cm³/mol. The first kappa shape index (κ1) is 18.2. The van der Waals surface area contributed by atoms with Crippen LogP contribution in [0.15, 0.2) is 0 Å². The Morgan fingerprint density at radius 3 is 2.20 bits per heavy atom. The number of carbonyl (C=O) groups excluding carboxylic acids is 2. The van der Waals surface area contributed by atoms with Gasteiger partial charge in [0.1, 0.15) is 0 Å². The Morgan fingerprint density at radius 2 is 1.90 bits per heavy atom.